The maximum Gasteiger partial charge on any atom is 0.178 e. The van der Waals surface area contributed by atoms with Crippen LogP contribution in [0.1, 0.15) is 0 Å². The van der Waals surface area contributed by atoms with Crippen LogP contribution < -0.4 is 41.3 Å². The molecule has 0 saturated heterocycles. The van der Waals surface area contributed by atoms with Gasteiger partial charge in [0.1, 0.15) is 24.2 Å². The van der Waals surface area contributed by atoms with Crippen molar-refractivity contribution in [2.24, 2.45) is 0 Å². The first kappa shape index (κ1) is 31.8. The standard InChI is InChI=1S/C39H35O4P3/c1-44(38-28-16-14-26-36(38)42-30-45(40,32-18-6-2-7-19-32)33-20-8-3-9-21-33)39-29-17-15-27-37(39)43-31-46(41,34-22-10-4-11-23-34)35-24-12-5-13-25-35/h2-29H,30-31H2,1H3. The zero-order chi connectivity index (χ0) is 31.8. The molecule has 4 nitrogen and oxygen atoms in total. The molecule has 0 radical (unpaired) electrons. The summed E-state index contributed by atoms with van der Waals surface area (Å²) in [5.74, 6) is 1.38. The van der Waals surface area contributed by atoms with E-state index in [1.807, 2.05) is 158 Å². The summed E-state index contributed by atoms with van der Waals surface area (Å²) in [5, 5.41) is 5.07. The van der Waals surface area contributed by atoms with E-state index in [1.165, 1.54) is 0 Å². The topological polar surface area (TPSA) is 52.6 Å². The van der Waals surface area contributed by atoms with Gasteiger partial charge in [0.2, 0.25) is 0 Å². The van der Waals surface area contributed by atoms with Gasteiger partial charge in [-0.25, -0.2) is 0 Å². The van der Waals surface area contributed by atoms with E-state index < -0.39 is 22.2 Å². The van der Waals surface area contributed by atoms with Crippen molar-refractivity contribution in [1.29, 1.82) is 0 Å². The van der Waals surface area contributed by atoms with Crippen molar-refractivity contribution < 1.29 is 18.6 Å². The molecule has 0 N–H and O–H groups in total. The normalized spacial score (nSPS) is 11.7. The fourth-order valence-corrected chi connectivity index (χ4v) is 11.7. The minimum Gasteiger partial charge on any atom is -0.485 e. The molecule has 6 rings (SSSR count). The van der Waals surface area contributed by atoms with Crippen LogP contribution in [0.15, 0.2) is 170 Å². The van der Waals surface area contributed by atoms with Gasteiger partial charge in [0, 0.05) is 31.8 Å². The van der Waals surface area contributed by atoms with Crippen LogP contribution in [0.25, 0.3) is 0 Å². The number of hydrogen-bond acceptors (Lipinski definition) is 4. The minimum atomic E-state index is -3.08. The molecule has 230 valence electrons. The first-order valence-electron chi connectivity index (χ1n) is 15.1. The Morgan fingerprint density at radius 2 is 0.674 bits per heavy atom. The van der Waals surface area contributed by atoms with Crippen molar-refractivity contribution in [2.75, 3.05) is 19.4 Å². The van der Waals surface area contributed by atoms with Gasteiger partial charge < -0.3 is 18.6 Å². The molecule has 7 heteroatoms. The van der Waals surface area contributed by atoms with E-state index >= 15 is 0 Å². The molecule has 0 aliphatic heterocycles. The zero-order valence-electron chi connectivity index (χ0n) is 25.6. The molecule has 6 aromatic carbocycles. The number of rotatable bonds is 12. The molecule has 0 unspecified atom stereocenters. The van der Waals surface area contributed by atoms with Crippen LogP contribution in [0.2, 0.25) is 0 Å². The van der Waals surface area contributed by atoms with Gasteiger partial charge in [-0.1, -0.05) is 158 Å². The van der Waals surface area contributed by atoms with Crippen LogP contribution in [0, 0.1) is 0 Å². The molecule has 0 heterocycles. The Morgan fingerprint density at radius 1 is 0.413 bits per heavy atom. The highest BCUT2D eigenvalue weighted by atomic mass is 31.2. The SMILES string of the molecule is CP(c1ccccc1OCP(=O)(c1ccccc1)c1ccccc1)c1ccccc1OCP(=O)(c1ccccc1)c1ccccc1. The molecular weight excluding hydrogens is 625 g/mol. The van der Waals surface area contributed by atoms with Crippen LogP contribution in [0.5, 0.6) is 11.5 Å². The Morgan fingerprint density at radius 3 is 0.978 bits per heavy atom. The molecule has 0 bridgehead atoms. The molecule has 0 aromatic heterocycles. The van der Waals surface area contributed by atoms with Crippen LogP contribution >= 0.6 is 22.2 Å². The van der Waals surface area contributed by atoms with Crippen molar-refractivity contribution in [1.82, 2.24) is 0 Å². The van der Waals surface area contributed by atoms with Crippen LogP contribution in [0.3, 0.4) is 0 Å². The molecular formula is C39H35O4P3. The van der Waals surface area contributed by atoms with E-state index in [2.05, 4.69) is 18.8 Å². The molecule has 0 spiro atoms. The second-order valence-electron chi connectivity index (χ2n) is 10.9. The van der Waals surface area contributed by atoms with Gasteiger partial charge in [-0.15, -0.1) is 0 Å². The predicted molar refractivity (Wildman–Crippen MR) is 196 cm³/mol. The summed E-state index contributed by atoms with van der Waals surface area (Å²) in [7, 11) is -7.11. The van der Waals surface area contributed by atoms with Gasteiger partial charge in [0.15, 0.2) is 14.3 Å². The Hall–Kier alpha value is -4.19. The zero-order valence-corrected chi connectivity index (χ0v) is 28.2. The van der Waals surface area contributed by atoms with Gasteiger partial charge in [-0.2, -0.15) is 0 Å². The number of hydrogen-bond donors (Lipinski definition) is 0. The van der Waals surface area contributed by atoms with Gasteiger partial charge in [0.25, 0.3) is 0 Å². The summed E-state index contributed by atoms with van der Waals surface area (Å²) in [6.07, 6.45) is 0.0768. The van der Waals surface area contributed by atoms with E-state index in [9.17, 15) is 9.13 Å². The molecule has 0 aliphatic carbocycles. The highest BCUT2D eigenvalue weighted by molar-refractivity contribution is 7.79. The van der Waals surface area contributed by atoms with Gasteiger partial charge in [0.05, 0.1) is 0 Å². The smallest absolute Gasteiger partial charge is 0.178 e. The fourth-order valence-electron chi connectivity index (χ4n) is 5.43. The second kappa shape index (κ2) is 14.5. The lowest BCUT2D eigenvalue weighted by Crippen LogP contribution is -2.23. The number of ether oxygens (including phenoxy) is 2. The van der Waals surface area contributed by atoms with Crippen molar-refractivity contribution >= 4 is 54.0 Å². The summed E-state index contributed by atoms with van der Waals surface area (Å²) < 4.78 is 42.3. The number of benzene rings is 6. The lowest BCUT2D eigenvalue weighted by molar-refractivity contribution is 0.382. The molecule has 0 amide bonds. The Kier molecular flexibility index (Phi) is 10.0. The first-order valence-corrected chi connectivity index (χ1v) is 20.6. The van der Waals surface area contributed by atoms with Crippen molar-refractivity contribution in [2.45, 2.75) is 0 Å². The Bertz CT molecular complexity index is 1740. The molecule has 0 fully saturated rings. The average molecular weight is 661 g/mol. The van der Waals surface area contributed by atoms with Crippen LogP contribution in [-0.4, -0.2) is 19.4 Å². The minimum absolute atomic E-state index is 0.0384. The second-order valence-corrected chi connectivity index (χ2v) is 18.5. The van der Waals surface area contributed by atoms with Crippen LogP contribution in [0.4, 0.5) is 0 Å². The summed E-state index contributed by atoms with van der Waals surface area (Å²) in [4.78, 5) is 0. The summed E-state index contributed by atoms with van der Waals surface area (Å²) in [5.41, 5.74) is 0. The number of para-hydroxylation sites is 2. The fraction of sp³-hybridized carbons (Fsp3) is 0.0769. The lowest BCUT2D eigenvalue weighted by atomic mass is 10.3. The highest BCUT2D eigenvalue weighted by Gasteiger charge is 2.30. The molecule has 6 aromatic rings. The van der Waals surface area contributed by atoms with E-state index in [1.54, 1.807) is 0 Å². The summed E-state index contributed by atoms with van der Waals surface area (Å²) >= 11 is 0. The average Bonchev–Trinajstić information content (AvgIpc) is 3.14. The largest absolute Gasteiger partial charge is 0.485 e. The highest BCUT2D eigenvalue weighted by Crippen LogP contribution is 2.46. The maximum atomic E-state index is 14.6. The molecule has 0 atom stereocenters. The van der Waals surface area contributed by atoms with Crippen molar-refractivity contribution in [3.8, 4) is 11.5 Å². The monoisotopic (exact) mass is 660 g/mol. The van der Waals surface area contributed by atoms with E-state index in [-0.39, 0.29) is 12.7 Å². The quantitative estimate of drug-likeness (QED) is 0.128. The van der Waals surface area contributed by atoms with Crippen molar-refractivity contribution in [3.05, 3.63) is 170 Å². The Labute approximate surface area is 272 Å². The van der Waals surface area contributed by atoms with Crippen molar-refractivity contribution in [3.63, 3.8) is 0 Å². The predicted octanol–water partition coefficient (Wildman–Crippen LogP) is 7.45. The third-order valence-corrected chi connectivity index (χ3v) is 15.6. The lowest BCUT2D eigenvalue weighted by Gasteiger charge is -2.24. The summed E-state index contributed by atoms with van der Waals surface area (Å²) in [6, 6.07) is 54.2. The van der Waals surface area contributed by atoms with Gasteiger partial charge >= 0.3 is 0 Å². The Balaban J connectivity index is 1.29. The molecule has 0 saturated carbocycles. The van der Waals surface area contributed by atoms with Crippen LogP contribution in [-0.2, 0) is 9.13 Å². The molecule has 0 aliphatic rings. The summed E-state index contributed by atoms with van der Waals surface area (Å²) in [6.45, 7) is 2.17. The molecule has 46 heavy (non-hydrogen) atoms. The van der Waals surface area contributed by atoms with E-state index in [0.717, 1.165) is 31.8 Å². The van der Waals surface area contributed by atoms with Gasteiger partial charge in [-0.05, 0) is 26.7 Å². The van der Waals surface area contributed by atoms with E-state index in [4.69, 9.17) is 9.47 Å². The third kappa shape index (κ3) is 6.81. The first-order chi connectivity index (χ1) is 22.5. The van der Waals surface area contributed by atoms with Gasteiger partial charge in [-0.3, -0.25) is 0 Å². The van der Waals surface area contributed by atoms with E-state index in [0.29, 0.717) is 11.5 Å². The third-order valence-electron chi connectivity index (χ3n) is 7.95. The maximum absolute atomic E-state index is 14.6.